The molecule has 0 bridgehead atoms. The fraction of sp³-hybridized carbons (Fsp3) is 0.724. The third kappa shape index (κ3) is 3.46. The van der Waals surface area contributed by atoms with Gasteiger partial charge in [0.2, 0.25) is 0 Å². The summed E-state index contributed by atoms with van der Waals surface area (Å²) in [4.78, 5) is 0. The Bertz CT molecular complexity index is 922. The molecule has 3 fully saturated rings. The zero-order valence-corrected chi connectivity index (χ0v) is 21.0. The van der Waals surface area contributed by atoms with Gasteiger partial charge in [-0.1, -0.05) is 25.5 Å². The Morgan fingerprint density at radius 2 is 1.85 bits per heavy atom. The van der Waals surface area contributed by atoms with Crippen LogP contribution in [-0.4, -0.2) is 36.6 Å². The molecule has 0 aliphatic heterocycles. The summed E-state index contributed by atoms with van der Waals surface area (Å²) < 4.78 is 11.4. The predicted molar refractivity (Wildman–Crippen MR) is 131 cm³/mol. The molecular formula is C29H42O4. The Morgan fingerprint density at radius 1 is 1.06 bits per heavy atom. The Hall–Kier alpha value is -1.52. The van der Waals surface area contributed by atoms with E-state index in [9.17, 15) is 10.2 Å². The maximum atomic E-state index is 11.1. The molecule has 0 radical (unpaired) electrons. The van der Waals surface area contributed by atoms with Crippen molar-refractivity contribution in [3.63, 3.8) is 0 Å². The monoisotopic (exact) mass is 454 g/mol. The Balaban J connectivity index is 1.54. The first-order valence-corrected chi connectivity index (χ1v) is 13.0. The Morgan fingerprint density at radius 3 is 2.55 bits per heavy atom. The van der Waals surface area contributed by atoms with Crippen LogP contribution in [0.1, 0.15) is 77.2 Å². The Labute approximate surface area is 199 Å². The van der Waals surface area contributed by atoms with Crippen LogP contribution in [-0.2, 0) is 0 Å². The van der Waals surface area contributed by atoms with Crippen LogP contribution < -0.4 is 9.47 Å². The van der Waals surface area contributed by atoms with Crippen LogP contribution in [0.4, 0.5) is 0 Å². The maximum Gasteiger partial charge on any atom is 0.122 e. The normalized spacial score (nSPS) is 43.1. The van der Waals surface area contributed by atoms with E-state index in [2.05, 4.69) is 26.0 Å². The molecule has 5 rings (SSSR count). The quantitative estimate of drug-likeness (QED) is 0.572. The molecule has 0 heterocycles. The zero-order chi connectivity index (χ0) is 23.5. The van der Waals surface area contributed by atoms with Crippen molar-refractivity contribution in [3.05, 3.63) is 35.4 Å². The number of hydrogen-bond acceptors (Lipinski definition) is 4. The average molecular weight is 455 g/mol. The minimum Gasteiger partial charge on any atom is -0.497 e. The summed E-state index contributed by atoms with van der Waals surface area (Å²) in [5, 5.41) is 21.4. The topological polar surface area (TPSA) is 58.9 Å². The number of methoxy groups -OCH3 is 2. The highest BCUT2D eigenvalue weighted by Crippen LogP contribution is 2.69. The lowest BCUT2D eigenvalue weighted by Crippen LogP contribution is -2.51. The van der Waals surface area contributed by atoms with Gasteiger partial charge in [-0.25, -0.2) is 0 Å². The van der Waals surface area contributed by atoms with Crippen molar-refractivity contribution in [2.75, 3.05) is 14.2 Å². The molecule has 182 valence electrons. The van der Waals surface area contributed by atoms with Crippen molar-refractivity contribution in [3.8, 4) is 11.5 Å². The van der Waals surface area contributed by atoms with Crippen molar-refractivity contribution in [2.45, 2.75) is 83.8 Å². The van der Waals surface area contributed by atoms with Crippen molar-refractivity contribution in [2.24, 2.45) is 34.5 Å². The van der Waals surface area contributed by atoms with E-state index in [0.29, 0.717) is 17.8 Å². The van der Waals surface area contributed by atoms with Gasteiger partial charge in [-0.2, -0.15) is 0 Å². The van der Waals surface area contributed by atoms with Gasteiger partial charge in [0.1, 0.15) is 11.5 Å². The van der Waals surface area contributed by atoms with Gasteiger partial charge >= 0.3 is 0 Å². The van der Waals surface area contributed by atoms with Gasteiger partial charge in [-0.05, 0) is 110 Å². The van der Waals surface area contributed by atoms with Crippen molar-refractivity contribution in [1.29, 1.82) is 0 Å². The fourth-order valence-corrected chi connectivity index (χ4v) is 9.06. The van der Waals surface area contributed by atoms with E-state index in [0.717, 1.165) is 43.6 Å². The first-order valence-electron chi connectivity index (χ1n) is 13.0. The predicted octanol–water partition coefficient (Wildman–Crippen LogP) is 5.72. The first kappa shape index (κ1) is 23.2. The second-order valence-corrected chi connectivity index (χ2v) is 11.9. The number of benzene rings is 1. The zero-order valence-electron chi connectivity index (χ0n) is 21.0. The lowest BCUT2D eigenvalue weighted by atomic mass is 9.47. The van der Waals surface area contributed by atoms with Crippen molar-refractivity contribution < 1.29 is 19.7 Å². The van der Waals surface area contributed by atoms with E-state index < -0.39 is 0 Å². The van der Waals surface area contributed by atoms with Gasteiger partial charge in [0.25, 0.3) is 0 Å². The molecule has 4 nitrogen and oxygen atoms in total. The lowest BCUT2D eigenvalue weighted by molar-refractivity contribution is -0.0686. The number of aliphatic hydroxyl groups excluding tert-OH is 2. The maximum absolute atomic E-state index is 11.1. The van der Waals surface area contributed by atoms with Crippen LogP contribution in [0.15, 0.2) is 29.8 Å². The number of rotatable bonds is 4. The Kier molecular flexibility index (Phi) is 5.85. The summed E-state index contributed by atoms with van der Waals surface area (Å²) in [5.41, 5.74) is 3.05. The number of aliphatic hydroxyl groups is 2. The number of hydrogen-bond donors (Lipinski definition) is 2. The second kappa shape index (κ2) is 8.30. The minimum absolute atomic E-state index is 0.115. The van der Waals surface area contributed by atoms with Crippen LogP contribution in [0.25, 0.3) is 0 Å². The third-order valence-corrected chi connectivity index (χ3v) is 10.6. The number of ether oxygens (including phenoxy) is 2. The van der Waals surface area contributed by atoms with Gasteiger partial charge in [-0.3, -0.25) is 0 Å². The summed E-state index contributed by atoms with van der Waals surface area (Å²) in [6.45, 7) is 6.94. The summed E-state index contributed by atoms with van der Waals surface area (Å²) in [6.07, 6.45) is 9.48. The van der Waals surface area contributed by atoms with Gasteiger partial charge in [0, 0.05) is 5.56 Å². The molecule has 0 amide bonds. The highest BCUT2D eigenvalue weighted by molar-refractivity contribution is 5.44. The summed E-state index contributed by atoms with van der Waals surface area (Å²) in [5.74, 6) is 4.14. The van der Waals surface area contributed by atoms with E-state index in [1.807, 2.05) is 19.1 Å². The number of fused-ring (bicyclic) bond motifs is 5. The van der Waals surface area contributed by atoms with Gasteiger partial charge < -0.3 is 19.7 Å². The van der Waals surface area contributed by atoms with E-state index in [1.54, 1.807) is 14.2 Å². The van der Waals surface area contributed by atoms with E-state index in [1.165, 1.54) is 24.0 Å². The molecule has 1 aromatic rings. The molecule has 0 saturated heterocycles. The van der Waals surface area contributed by atoms with Crippen molar-refractivity contribution >= 4 is 0 Å². The largest absolute Gasteiger partial charge is 0.497 e. The molecule has 0 unspecified atom stereocenters. The molecule has 33 heavy (non-hydrogen) atoms. The highest BCUT2D eigenvalue weighted by Gasteiger charge is 2.62. The van der Waals surface area contributed by atoms with E-state index in [-0.39, 0.29) is 34.9 Å². The molecule has 4 heteroatoms. The van der Waals surface area contributed by atoms with Gasteiger partial charge in [0.15, 0.2) is 0 Å². The van der Waals surface area contributed by atoms with Gasteiger partial charge in [0.05, 0.1) is 26.4 Å². The summed E-state index contributed by atoms with van der Waals surface area (Å²) in [7, 11) is 3.46. The van der Waals surface area contributed by atoms with Crippen LogP contribution in [0.5, 0.6) is 11.5 Å². The molecular weight excluding hydrogens is 412 g/mol. The smallest absolute Gasteiger partial charge is 0.122 e. The lowest BCUT2D eigenvalue weighted by Gasteiger charge is -2.58. The van der Waals surface area contributed by atoms with E-state index in [4.69, 9.17) is 9.47 Å². The third-order valence-electron chi connectivity index (χ3n) is 10.6. The fourth-order valence-electron chi connectivity index (χ4n) is 9.06. The minimum atomic E-state index is -0.368. The molecule has 2 N–H and O–H groups in total. The van der Waals surface area contributed by atoms with Crippen LogP contribution >= 0.6 is 0 Å². The van der Waals surface area contributed by atoms with Crippen LogP contribution in [0.3, 0.4) is 0 Å². The molecule has 9 atom stereocenters. The first-order chi connectivity index (χ1) is 15.7. The average Bonchev–Trinajstić information content (AvgIpc) is 3.12. The summed E-state index contributed by atoms with van der Waals surface area (Å²) >= 11 is 0. The second-order valence-electron chi connectivity index (χ2n) is 11.9. The molecule has 0 aromatic heterocycles. The summed E-state index contributed by atoms with van der Waals surface area (Å²) in [6, 6.07) is 6.12. The van der Waals surface area contributed by atoms with Crippen LogP contribution in [0, 0.1) is 34.5 Å². The van der Waals surface area contributed by atoms with Crippen molar-refractivity contribution in [1.82, 2.24) is 0 Å². The van der Waals surface area contributed by atoms with Crippen LogP contribution in [0.2, 0.25) is 0 Å². The molecule has 4 aliphatic rings. The molecule has 3 saturated carbocycles. The highest BCUT2D eigenvalue weighted by atomic mass is 16.5. The SMILES string of the molecule is COc1ccc(OC)c([C@@H]2C[C@H]3[C@@H]4CC=C5C[C@@H](O)CC[C@]5(C)[C@H]4CC[C@]3(C)[C@H]2[C@H](C)O)c1. The molecule has 4 aliphatic carbocycles. The molecule has 1 aromatic carbocycles. The van der Waals surface area contributed by atoms with Gasteiger partial charge in [-0.15, -0.1) is 0 Å². The molecule has 0 spiro atoms. The van der Waals surface area contributed by atoms with E-state index >= 15 is 0 Å². The standard InChI is InChI=1S/C29H42O4/c1-17(30)27-23(22-15-20(32-4)7-9-26(22)33-5)16-25-21-8-6-18-14-19(31)10-12-28(18,2)24(21)11-13-29(25,27)3/h6-7,9,15,17,19,21,23-25,27,30-31H,8,10-14,16H2,1-5H3/t17-,19-,21+,23-,24-,25-,27-,28-,29-/m0/s1. The number of allylic oxidation sites excluding steroid dienone is 1.